The maximum absolute atomic E-state index is 13.0. The fourth-order valence-corrected chi connectivity index (χ4v) is 9.28. The first-order valence-corrected chi connectivity index (χ1v) is 27.7. The van der Waals surface area contributed by atoms with Gasteiger partial charge in [-0.3, -0.25) is 4.79 Å². The molecule has 0 spiro atoms. The van der Waals surface area contributed by atoms with Gasteiger partial charge in [0.25, 0.3) is 0 Å². The van der Waals surface area contributed by atoms with Crippen molar-refractivity contribution in [1.82, 2.24) is 5.32 Å². The van der Waals surface area contributed by atoms with Crippen LogP contribution in [0.2, 0.25) is 0 Å². The number of carbonyl (C=O) groups excluding carboxylic acids is 1. The van der Waals surface area contributed by atoms with Crippen LogP contribution in [0, 0.1) is 0 Å². The van der Waals surface area contributed by atoms with Gasteiger partial charge in [0.15, 0.2) is 6.29 Å². The molecule has 9 nitrogen and oxygen atoms in total. The van der Waals surface area contributed by atoms with Crippen molar-refractivity contribution in [3.8, 4) is 0 Å². The van der Waals surface area contributed by atoms with E-state index >= 15 is 0 Å². The molecule has 1 aliphatic rings. The molecule has 376 valence electrons. The molecule has 1 heterocycles. The lowest BCUT2D eigenvalue weighted by molar-refractivity contribution is -0.302. The van der Waals surface area contributed by atoms with E-state index in [9.17, 15) is 30.3 Å². The van der Waals surface area contributed by atoms with Crippen LogP contribution in [-0.2, 0) is 14.3 Å². The van der Waals surface area contributed by atoms with Crippen LogP contribution in [0.3, 0.4) is 0 Å². The highest BCUT2D eigenvalue weighted by Crippen LogP contribution is 2.23. The van der Waals surface area contributed by atoms with E-state index in [2.05, 4.69) is 19.2 Å². The molecule has 1 fully saturated rings. The van der Waals surface area contributed by atoms with Crippen LogP contribution in [0.5, 0.6) is 0 Å². The maximum Gasteiger partial charge on any atom is 0.220 e. The third-order valence-corrected chi connectivity index (χ3v) is 13.7. The van der Waals surface area contributed by atoms with Crippen molar-refractivity contribution in [2.75, 3.05) is 13.2 Å². The summed E-state index contributed by atoms with van der Waals surface area (Å²) in [5.41, 5.74) is 0. The van der Waals surface area contributed by atoms with Crippen LogP contribution in [-0.4, -0.2) is 87.5 Å². The van der Waals surface area contributed by atoms with E-state index < -0.39 is 49.5 Å². The molecule has 0 aromatic carbocycles. The minimum absolute atomic E-state index is 0.131. The number of carbonyl (C=O) groups is 1. The van der Waals surface area contributed by atoms with Crippen LogP contribution in [0.1, 0.15) is 284 Å². The zero-order valence-electron chi connectivity index (χ0n) is 41.6. The van der Waals surface area contributed by atoms with Gasteiger partial charge in [-0.2, -0.15) is 0 Å². The van der Waals surface area contributed by atoms with Crippen LogP contribution >= 0.6 is 0 Å². The fourth-order valence-electron chi connectivity index (χ4n) is 9.28. The summed E-state index contributed by atoms with van der Waals surface area (Å²) < 4.78 is 11.3. The number of hydrogen-bond donors (Lipinski definition) is 6. The molecular formula is C54H107NO8. The predicted octanol–water partition coefficient (Wildman–Crippen LogP) is 13.1. The topological polar surface area (TPSA) is 149 Å². The number of amides is 1. The van der Waals surface area contributed by atoms with Gasteiger partial charge in [-0.1, -0.05) is 264 Å². The van der Waals surface area contributed by atoms with Crippen LogP contribution in [0.25, 0.3) is 0 Å². The molecule has 7 unspecified atom stereocenters. The molecule has 1 saturated heterocycles. The average molecular weight is 898 g/mol. The summed E-state index contributed by atoms with van der Waals surface area (Å²) in [7, 11) is 0. The van der Waals surface area contributed by atoms with Crippen molar-refractivity contribution >= 4 is 5.91 Å². The van der Waals surface area contributed by atoms with E-state index in [0.29, 0.717) is 12.8 Å². The van der Waals surface area contributed by atoms with E-state index in [1.54, 1.807) is 0 Å². The summed E-state index contributed by atoms with van der Waals surface area (Å²) in [5, 5.41) is 54.6. The summed E-state index contributed by atoms with van der Waals surface area (Å²) >= 11 is 0. The zero-order valence-corrected chi connectivity index (χ0v) is 41.6. The highest BCUT2D eigenvalue weighted by Gasteiger charge is 2.44. The minimum Gasteiger partial charge on any atom is -0.394 e. The summed E-state index contributed by atoms with van der Waals surface area (Å²) in [5.74, 6) is -0.137. The number of ether oxygens (including phenoxy) is 2. The molecular weight excluding hydrogens is 791 g/mol. The van der Waals surface area contributed by atoms with Gasteiger partial charge in [0.1, 0.15) is 24.4 Å². The van der Waals surface area contributed by atoms with E-state index in [1.165, 1.54) is 218 Å². The van der Waals surface area contributed by atoms with Crippen molar-refractivity contribution in [1.29, 1.82) is 0 Å². The smallest absolute Gasteiger partial charge is 0.220 e. The molecule has 7 atom stereocenters. The second kappa shape index (κ2) is 45.0. The van der Waals surface area contributed by atoms with Gasteiger partial charge in [0.2, 0.25) is 5.91 Å². The Morgan fingerprint density at radius 2 is 0.794 bits per heavy atom. The summed E-state index contributed by atoms with van der Waals surface area (Å²) in [6.07, 6.45) is 45.5. The average Bonchev–Trinajstić information content (AvgIpc) is 3.28. The number of rotatable bonds is 48. The van der Waals surface area contributed by atoms with E-state index in [1.807, 2.05) is 0 Å². The molecule has 1 aliphatic heterocycles. The number of unbranched alkanes of at least 4 members (excludes halogenated alkanes) is 38. The van der Waals surface area contributed by atoms with Gasteiger partial charge in [-0.25, -0.2) is 0 Å². The lowest BCUT2D eigenvalue weighted by Gasteiger charge is -2.40. The third kappa shape index (κ3) is 35.1. The van der Waals surface area contributed by atoms with Gasteiger partial charge in [0.05, 0.1) is 25.4 Å². The number of nitrogens with one attached hydrogen (secondary N) is 1. The Hall–Kier alpha value is -0.810. The van der Waals surface area contributed by atoms with Gasteiger partial charge in [-0.15, -0.1) is 0 Å². The first-order chi connectivity index (χ1) is 30.8. The van der Waals surface area contributed by atoms with Crippen molar-refractivity contribution in [2.45, 2.75) is 326 Å². The summed E-state index contributed by atoms with van der Waals surface area (Å²) in [4.78, 5) is 13.0. The molecule has 1 amide bonds. The Kier molecular flexibility index (Phi) is 43.0. The van der Waals surface area contributed by atoms with Gasteiger partial charge >= 0.3 is 0 Å². The molecule has 0 aromatic rings. The first kappa shape index (κ1) is 60.2. The quantitative estimate of drug-likeness (QED) is 0.0331. The highest BCUT2D eigenvalue weighted by atomic mass is 16.7. The second-order valence-electron chi connectivity index (χ2n) is 19.7. The third-order valence-electron chi connectivity index (χ3n) is 13.7. The largest absolute Gasteiger partial charge is 0.394 e. The lowest BCUT2D eigenvalue weighted by atomic mass is 9.99. The van der Waals surface area contributed by atoms with Crippen LogP contribution < -0.4 is 5.32 Å². The fraction of sp³-hybridized carbons (Fsp3) is 0.981. The molecule has 9 heteroatoms. The van der Waals surface area contributed by atoms with Gasteiger partial charge in [-0.05, 0) is 12.8 Å². The van der Waals surface area contributed by atoms with E-state index in [0.717, 1.165) is 38.5 Å². The molecule has 6 N–H and O–H groups in total. The Bertz CT molecular complexity index is 955. The Morgan fingerprint density at radius 1 is 0.476 bits per heavy atom. The van der Waals surface area contributed by atoms with E-state index in [4.69, 9.17) is 9.47 Å². The minimum atomic E-state index is -1.55. The summed E-state index contributed by atoms with van der Waals surface area (Å²) in [6, 6.07) is -0.713. The normalized spacial score (nSPS) is 20.0. The predicted molar refractivity (Wildman–Crippen MR) is 263 cm³/mol. The van der Waals surface area contributed by atoms with E-state index in [-0.39, 0.29) is 12.5 Å². The van der Waals surface area contributed by atoms with Crippen LogP contribution in [0.4, 0.5) is 0 Å². The van der Waals surface area contributed by atoms with Crippen LogP contribution in [0.15, 0.2) is 0 Å². The number of aliphatic hydroxyl groups excluding tert-OH is 5. The van der Waals surface area contributed by atoms with Gasteiger partial charge < -0.3 is 40.3 Å². The molecule has 0 saturated carbocycles. The van der Waals surface area contributed by atoms with Crippen molar-refractivity contribution in [3.63, 3.8) is 0 Å². The van der Waals surface area contributed by atoms with Gasteiger partial charge in [0, 0.05) is 6.42 Å². The lowest BCUT2D eigenvalue weighted by Crippen LogP contribution is -2.60. The molecule has 63 heavy (non-hydrogen) atoms. The molecule has 0 bridgehead atoms. The first-order valence-electron chi connectivity index (χ1n) is 27.7. The second-order valence-corrected chi connectivity index (χ2v) is 19.7. The molecule has 0 aromatic heterocycles. The number of aliphatic hydroxyl groups is 5. The molecule has 0 radical (unpaired) electrons. The highest BCUT2D eigenvalue weighted by molar-refractivity contribution is 5.76. The van der Waals surface area contributed by atoms with Crippen molar-refractivity contribution in [3.05, 3.63) is 0 Å². The molecule has 0 aliphatic carbocycles. The standard InChI is InChI=1S/C54H107NO8/c1-3-5-7-9-11-13-15-17-19-21-23-24-26-27-29-31-33-35-37-39-41-43-48(57)47(46-62-54-53(61)52(60)51(59)49(45-56)63-54)55-50(58)44-42-40-38-36-34-32-30-28-25-22-20-18-16-14-12-10-8-6-4-2/h47-49,51-54,56-57,59-61H,3-46H2,1-2H3,(H,55,58). The zero-order chi connectivity index (χ0) is 45.9. The maximum atomic E-state index is 13.0. The number of hydrogen-bond acceptors (Lipinski definition) is 8. The molecule has 1 rings (SSSR count). The summed E-state index contributed by atoms with van der Waals surface area (Å²) in [6.45, 7) is 3.88. The Balaban J connectivity index is 2.22. The van der Waals surface area contributed by atoms with Crippen molar-refractivity contribution in [2.24, 2.45) is 0 Å². The monoisotopic (exact) mass is 898 g/mol. The Labute approximate surface area is 389 Å². The SMILES string of the molecule is CCCCCCCCCCCCCCCCCCCCCCCC(O)C(COC1OC(CO)C(O)C(O)C1O)NC(=O)CCCCCCCCCCCCCCCCCCCCC. The van der Waals surface area contributed by atoms with Crippen molar-refractivity contribution < 1.29 is 39.8 Å². The Morgan fingerprint density at radius 3 is 1.13 bits per heavy atom.